The molecule has 2 aromatic carbocycles. The fourth-order valence-electron chi connectivity index (χ4n) is 2.42. The van der Waals surface area contributed by atoms with Gasteiger partial charge in [0.2, 0.25) is 0 Å². The first-order valence-corrected chi connectivity index (χ1v) is 9.32. The lowest BCUT2D eigenvalue weighted by Gasteiger charge is -2.24. The van der Waals surface area contributed by atoms with Gasteiger partial charge in [-0.1, -0.05) is 30.3 Å². The normalized spacial score (nSPS) is 10.0. The van der Waals surface area contributed by atoms with Gasteiger partial charge in [0, 0.05) is 6.54 Å². The quantitative estimate of drug-likeness (QED) is 0.772. The van der Waals surface area contributed by atoms with Crippen LogP contribution in [0.3, 0.4) is 0 Å². The van der Waals surface area contributed by atoms with Crippen LogP contribution in [0.1, 0.15) is 6.92 Å². The molecule has 0 spiro atoms. The van der Waals surface area contributed by atoms with Crippen LogP contribution in [0.15, 0.2) is 70.8 Å². The number of allylic oxidation sites excluding steroid dienone is 2. The smallest absolute Gasteiger partial charge is 0.266 e. The first-order valence-electron chi connectivity index (χ1n) is 7.88. The maximum atomic E-state index is 13.2. The molecule has 0 aliphatic heterocycles. The van der Waals surface area contributed by atoms with E-state index >= 15 is 0 Å². The summed E-state index contributed by atoms with van der Waals surface area (Å²) < 4.78 is 27.7. The monoisotopic (exact) mass is 377 g/mol. The number of nitriles is 3. The van der Waals surface area contributed by atoms with Gasteiger partial charge in [0.15, 0.2) is 5.57 Å². The van der Waals surface area contributed by atoms with Gasteiger partial charge in [0.1, 0.15) is 28.8 Å². The molecule has 134 valence electrons. The van der Waals surface area contributed by atoms with Crippen LogP contribution in [0, 0.1) is 34.0 Å². The van der Waals surface area contributed by atoms with E-state index in [1.807, 2.05) is 0 Å². The number of hydrogen-bond acceptors (Lipinski definition) is 6. The Morgan fingerprint density at radius 2 is 1.56 bits per heavy atom. The van der Waals surface area contributed by atoms with Crippen LogP contribution in [0.5, 0.6) is 0 Å². The van der Waals surface area contributed by atoms with E-state index in [9.17, 15) is 13.7 Å². The van der Waals surface area contributed by atoms with Gasteiger partial charge in [-0.05, 0) is 31.2 Å². The third-order valence-electron chi connectivity index (χ3n) is 3.63. The van der Waals surface area contributed by atoms with Gasteiger partial charge in [-0.25, -0.2) is 8.42 Å². The number of nitrogens with zero attached hydrogens (tertiary/aromatic N) is 4. The molecule has 7 nitrogen and oxygen atoms in total. The minimum atomic E-state index is -3.95. The largest absolute Gasteiger partial charge is 0.344 e. The molecule has 0 bridgehead atoms. The molecule has 0 aromatic heterocycles. The molecule has 0 radical (unpaired) electrons. The zero-order valence-corrected chi connectivity index (χ0v) is 15.2. The molecule has 0 amide bonds. The Kier molecular flexibility index (Phi) is 6.17. The summed E-state index contributed by atoms with van der Waals surface area (Å²) in [5, 5.41) is 29.7. The fraction of sp³-hybridized carbons (Fsp3) is 0.105. The minimum Gasteiger partial charge on any atom is -0.344 e. The molecule has 0 saturated carbocycles. The summed E-state index contributed by atoms with van der Waals surface area (Å²) in [6, 6.07) is 19.6. The van der Waals surface area contributed by atoms with E-state index in [4.69, 9.17) is 10.5 Å². The summed E-state index contributed by atoms with van der Waals surface area (Å²) in [6.45, 7) is 1.91. The average Bonchev–Trinajstić information content (AvgIpc) is 2.69. The zero-order chi connectivity index (χ0) is 19.9. The van der Waals surface area contributed by atoms with Crippen LogP contribution in [-0.4, -0.2) is 15.0 Å². The third kappa shape index (κ3) is 4.07. The second kappa shape index (κ2) is 8.53. The SMILES string of the molecule is CCN(c1ccccc1)S(=O)(=O)c1ccccc1NC(C#N)=C(C#N)C#N. The Balaban J connectivity index is 2.58. The molecule has 0 unspecified atom stereocenters. The highest BCUT2D eigenvalue weighted by Crippen LogP contribution is 2.29. The van der Waals surface area contributed by atoms with Gasteiger partial charge in [-0.2, -0.15) is 15.8 Å². The van der Waals surface area contributed by atoms with Crippen molar-refractivity contribution in [2.75, 3.05) is 16.2 Å². The summed E-state index contributed by atoms with van der Waals surface area (Å²) in [5.41, 5.74) is -0.141. The molecular weight excluding hydrogens is 362 g/mol. The van der Waals surface area contributed by atoms with E-state index in [2.05, 4.69) is 5.32 Å². The number of benzene rings is 2. The van der Waals surface area contributed by atoms with Crippen molar-refractivity contribution in [1.29, 1.82) is 15.8 Å². The lowest BCUT2D eigenvalue weighted by Crippen LogP contribution is -2.31. The first-order chi connectivity index (χ1) is 13.0. The molecule has 0 aliphatic rings. The van der Waals surface area contributed by atoms with Crippen molar-refractivity contribution < 1.29 is 8.42 Å². The number of para-hydroxylation sites is 2. The molecule has 2 aromatic rings. The number of sulfonamides is 1. The molecule has 0 saturated heterocycles. The molecule has 0 aliphatic carbocycles. The average molecular weight is 377 g/mol. The van der Waals surface area contributed by atoms with E-state index in [-0.39, 0.29) is 22.8 Å². The molecule has 1 N–H and O–H groups in total. The number of nitrogens with one attached hydrogen (secondary N) is 1. The van der Waals surface area contributed by atoms with E-state index < -0.39 is 15.6 Å². The van der Waals surface area contributed by atoms with Gasteiger partial charge in [-0.15, -0.1) is 0 Å². The van der Waals surface area contributed by atoms with E-state index in [1.165, 1.54) is 16.4 Å². The molecule has 2 rings (SSSR count). The predicted molar refractivity (Wildman–Crippen MR) is 101 cm³/mol. The number of rotatable bonds is 6. The van der Waals surface area contributed by atoms with Crippen LogP contribution in [0.25, 0.3) is 0 Å². The van der Waals surface area contributed by atoms with Crippen LogP contribution < -0.4 is 9.62 Å². The van der Waals surface area contributed by atoms with Gasteiger partial charge >= 0.3 is 0 Å². The maximum absolute atomic E-state index is 13.2. The summed E-state index contributed by atoms with van der Waals surface area (Å²) in [5.74, 6) is 0. The summed E-state index contributed by atoms with van der Waals surface area (Å²) in [7, 11) is -3.95. The first kappa shape index (κ1) is 19.5. The lowest BCUT2D eigenvalue weighted by atomic mass is 10.2. The van der Waals surface area contributed by atoms with Crippen molar-refractivity contribution in [3.63, 3.8) is 0 Å². The lowest BCUT2D eigenvalue weighted by molar-refractivity contribution is 0.592. The second-order valence-electron chi connectivity index (χ2n) is 5.21. The van der Waals surface area contributed by atoms with Crippen molar-refractivity contribution in [2.24, 2.45) is 0 Å². The zero-order valence-electron chi connectivity index (χ0n) is 14.4. The Labute approximate surface area is 158 Å². The molecule has 8 heteroatoms. The summed E-state index contributed by atoms with van der Waals surface area (Å²) in [4.78, 5) is -0.0707. The van der Waals surface area contributed by atoms with Gasteiger partial charge in [0.05, 0.1) is 11.4 Å². The highest BCUT2D eigenvalue weighted by molar-refractivity contribution is 7.93. The summed E-state index contributed by atoms with van der Waals surface area (Å²) in [6.07, 6.45) is 0. The standard InChI is InChI=1S/C19H15N5O2S/c1-2-24(16-8-4-3-5-9-16)27(25,26)19-11-7-6-10-17(19)23-18(14-22)15(12-20)13-21/h3-11,23H,2H2,1H3. The van der Waals surface area contributed by atoms with Crippen molar-refractivity contribution in [1.82, 2.24) is 0 Å². The fourth-order valence-corrected chi connectivity index (χ4v) is 4.04. The number of hydrogen-bond donors (Lipinski definition) is 1. The molecule has 0 atom stereocenters. The molecular formula is C19H15N5O2S. The van der Waals surface area contributed by atoms with Crippen LogP contribution in [0.4, 0.5) is 11.4 Å². The van der Waals surface area contributed by atoms with Crippen LogP contribution >= 0.6 is 0 Å². The van der Waals surface area contributed by atoms with Gasteiger partial charge < -0.3 is 5.32 Å². The maximum Gasteiger partial charge on any atom is 0.266 e. The Bertz CT molecular complexity index is 1070. The van der Waals surface area contributed by atoms with Crippen molar-refractivity contribution in [2.45, 2.75) is 11.8 Å². The highest BCUT2D eigenvalue weighted by Gasteiger charge is 2.26. The molecule has 0 fully saturated rings. The third-order valence-corrected chi connectivity index (χ3v) is 5.59. The van der Waals surface area contributed by atoms with Crippen molar-refractivity contribution in [3.05, 3.63) is 65.9 Å². The molecule has 0 heterocycles. The van der Waals surface area contributed by atoms with E-state index in [0.717, 1.165) is 0 Å². The summed E-state index contributed by atoms with van der Waals surface area (Å²) >= 11 is 0. The van der Waals surface area contributed by atoms with Crippen molar-refractivity contribution >= 4 is 21.4 Å². The van der Waals surface area contributed by atoms with E-state index in [0.29, 0.717) is 5.69 Å². The van der Waals surface area contributed by atoms with Crippen molar-refractivity contribution in [3.8, 4) is 18.2 Å². The van der Waals surface area contributed by atoms with E-state index in [1.54, 1.807) is 67.6 Å². The van der Waals surface area contributed by atoms with Gasteiger partial charge in [-0.3, -0.25) is 4.31 Å². The minimum absolute atomic E-state index is 0.0707. The van der Waals surface area contributed by atoms with Gasteiger partial charge in [0.25, 0.3) is 10.0 Å². The highest BCUT2D eigenvalue weighted by atomic mass is 32.2. The Hall–Kier alpha value is -3.80. The number of anilines is 2. The Morgan fingerprint density at radius 3 is 2.11 bits per heavy atom. The second-order valence-corrected chi connectivity index (χ2v) is 7.04. The topological polar surface area (TPSA) is 121 Å². The Morgan fingerprint density at radius 1 is 0.963 bits per heavy atom. The van der Waals surface area contributed by atoms with Crippen LogP contribution in [-0.2, 0) is 10.0 Å². The predicted octanol–water partition coefficient (Wildman–Crippen LogP) is 3.14. The molecule has 27 heavy (non-hydrogen) atoms. The van der Waals surface area contributed by atoms with Crippen LogP contribution in [0.2, 0.25) is 0 Å².